The fraction of sp³-hybridized carbons (Fsp3) is 0.895. The molecule has 6 heteroatoms. The molecule has 2 atom stereocenters. The predicted molar refractivity (Wildman–Crippen MR) is 273 cm³/mol. The number of allylic oxidation sites excluding steroid dienone is 3. The highest BCUT2D eigenvalue weighted by molar-refractivity contribution is 5.76. The van der Waals surface area contributed by atoms with Crippen LogP contribution in [0.5, 0.6) is 0 Å². The van der Waals surface area contributed by atoms with Gasteiger partial charge in [0.05, 0.1) is 25.4 Å². The Labute approximate surface area is 392 Å². The van der Waals surface area contributed by atoms with Crippen molar-refractivity contribution in [3.05, 3.63) is 24.3 Å². The van der Waals surface area contributed by atoms with Crippen LogP contribution in [-0.4, -0.2) is 47.4 Å². The molecule has 0 fully saturated rings. The standard InChI is InChI=1S/C57H109NO5/c1-3-5-7-9-11-13-15-17-26-29-33-37-41-45-49-55(60)54(53-59)58-56(61)50-46-42-38-34-30-27-23-21-19-18-20-22-24-28-32-36-40-44-48-52-63-57(62)51-47-43-39-35-31-25-16-14-12-10-8-6-4-2/h14,16,45,49,54-55,59-60H,3-13,15,17-44,46-48,50-53H2,1-2H3,(H,58,61)/b16-14-,49-45+. The van der Waals surface area contributed by atoms with E-state index in [1.54, 1.807) is 6.08 Å². The van der Waals surface area contributed by atoms with Crippen LogP contribution in [0.1, 0.15) is 303 Å². The number of ether oxygens (including phenoxy) is 1. The van der Waals surface area contributed by atoms with Gasteiger partial charge in [-0.3, -0.25) is 9.59 Å². The Kier molecular flexibility index (Phi) is 51.6. The summed E-state index contributed by atoms with van der Waals surface area (Å²) in [6.07, 6.45) is 63.3. The van der Waals surface area contributed by atoms with Gasteiger partial charge in [0.25, 0.3) is 0 Å². The fourth-order valence-electron chi connectivity index (χ4n) is 8.63. The van der Waals surface area contributed by atoms with Crippen molar-refractivity contribution in [2.24, 2.45) is 0 Å². The zero-order chi connectivity index (χ0) is 45.8. The van der Waals surface area contributed by atoms with Gasteiger partial charge in [0.1, 0.15) is 0 Å². The van der Waals surface area contributed by atoms with Crippen LogP contribution in [0.3, 0.4) is 0 Å². The monoisotopic (exact) mass is 888 g/mol. The molecule has 0 aliphatic carbocycles. The van der Waals surface area contributed by atoms with E-state index in [9.17, 15) is 19.8 Å². The highest BCUT2D eigenvalue weighted by Gasteiger charge is 2.18. The predicted octanol–water partition coefficient (Wildman–Crippen LogP) is 17.1. The number of amides is 1. The minimum Gasteiger partial charge on any atom is -0.466 e. The minimum absolute atomic E-state index is 0.00102. The van der Waals surface area contributed by atoms with E-state index in [1.165, 1.54) is 231 Å². The topological polar surface area (TPSA) is 95.9 Å². The first-order chi connectivity index (χ1) is 31.0. The van der Waals surface area contributed by atoms with Crippen LogP contribution in [0.15, 0.2) is 24.3 Å². The van der Waals surface area contributed by atoms with E-state index in [2.05, 4.69) is 31.3 Å². The Balaban J connectivity index is 3.43. The van der Waals surface area contributed by atoms with E-state index in [1.807, 2.05) is 6.08 Å². The van der Waals surface area contributed by atoms with E-state index >= 15 is 0 Å². The zero-order valence-electron chi connectivity index (χ0n) is 42.3. The number of unbranched alkanes of at least 4 members (excludes halogenated alkanes) is 39. The van der Waals surface area contributed by atoms with Crippen molar-refractivity contribution >= 4 is 11.9 Å². The van der Waals surface area contributed by atoms with Crippen molar-refractivity contribution < 1.29 is 24.5 Å². The molecule has 2 unspecified atom stereocenters. The third-order valence-corrected chi connectivity index (χ3v) is 13.0. The van der Waals surface area contributed by atoms with Crippen LogP contribution in [0.2, 0.25) is 0 Å². The summed E-state index contributed by atoms with van der Waals surface area (Å²) in [7, 11) is 0. The average Bonchev–Trinajstić information content (AvgIpc) is 3.28. The van der Waals surface area contributed by atoms with Crippen molar-refractivity contribution in [1.29, 1.82) is 0 Å². The summed E-state index contributed by atoms with van der Waals surface area (Å²) in [6, 6.07) is -0.629. The number of hydrogen-bond donors (Lipinski definition) is 3. The van der Waals surface area contributed by atoms with Gasteiger partial charge in [-0.1, -0.05) is 256 Å². The molecule has 0 aliphatic rings. The number of carbonyl (C=O) groups excluding carboxylic acids is 2. The molecule has 0 aromatic heterocycles. The highest BCUT2D eigenvalue weighted by Crippen LogP contribution is 2.17. The molecule has 0 bridgehead atoms. The molecule has 0 aromatic rings. The zero-order valence-corrected chi connectivity index (χ0v) is 42.3. The molecule has 0 aliphatic heterocycles. The first kappa shape index (κ1) is 61.3. The quantitative estimate of drug-likeness (QED) is 0.0321. The van der Waals surface area contributed by atoms with E-state index in [4.69, 9.17) is 4.74 Å². The summed E-state index contributed by atoms with van der Waals surface area (Å²) >= 11 is 0. The van der Waals surface area contributed by atoms with Gasteiger partial charge in [-0.05, 0) is 57.8 Å². The smallest absolute Gasteiger partial charge is 0.305 e. The number of rotatable bonds is 52. The van der Waals surface area contributed by atoms with Gasteiger partial charge in [0.15, 0.2) is 0 Å². The van der Waals surface area contributed by atoms with E-state index in [-0.39, 0.29) is 18.5 Å². The minimum atomic E-state index is -0.845. The molecular weight excluding hydrogens is 779 g/mol. The van der Waals surface area contributed by atoms with Gasteiger partial charge >= 0.3 is 5.97 Å². The van der Waals surface area contributed by atoms with Crippen LogP contribution in [0.25, 0.3) is 0 Å². The van der Waals surface area contributed by atoms with Crippen LogP contribution < -0.4 is 5.32 Å². The van der Waals surface area contributed by atoms with E-state index in [0.29, 0.717) is 19.4 Å². The summed E-state index contributed by atoms with van der Waals surface area (Å²) in [5.41, 5.74) is 0. The Bertz CT molecular complexity index is 982. The van der Waals surface area contributed by atoms with Crippen molar-refractivity contribution in [3.63, 3.8) is 0 Å². The van der Waals surface area contributed by atoms with Crippen LogP contribution in [0.4, 0.5) is 0 Å². The SMILES string of the molecule is CCCCCC/C=C\CCCCCCCC(=O)OCCCCCCCCCCCCCCCCCCCCCC(=O)NC(CO)C(O)/C=C/CCCCCCCCCCCCCC. The summed E-state index contributed by atoms with van der Waals surface area (Å²) in [5, 5.41) is 23.1. The molecule has 0 heterocycles. The third-order valence-electron chi connectivity index (χ3n) is 13.0. The maximum Gasteiger partial charge on any atom is 0.305 e. The van der Waals surface area contributed by atoms with Gasteiger partial charge in [0, 0.05) is 12.8 Å². The molecule has 0 saturated heterocycles. The lowest BCUT2D eigenvalue weighted by molar-refractivity contribution is -0.143. The molecule has 0 radical (unpaired) electrons. The van der Waals surface area contributed by atoms with Crippen LogP contribution in [-0.2, 0) is 14.3 Å². The van der Waals surface area contributed by atoms with Crippen LogP contribution >= 0.6 is 0 Å². The first-order valence-electron chi connectivity index (χ1n) is 28.1. The van der Waals surface area contributed by atoms with E-state index < -0.39 is 12.1 Å². The van der Waals surface area contributed by atoms with Gasteiger partial charge in [0.2, 0.25) is 5.91 Å². The second kappa shape index (κ2) is 53.0. The molecule has 0 spiro atoms. The Morgan fingerprint density at radius 1 is 0.429 bits per heavy atom. The van der Waals surface area contributed by atoms with Crippen molar-refractivity contribution in [1.82, 2.24) is 5.32 Å². The number of aliphatic hydroxyl groups is 2. The number of esters is 1. The first-order valence-corrected chi connectivity index (χ1v) is 28.1. The Hall–Kier alpha value is -1.66. The highest BCUT2D eigenvalue weighted by atomic mass is 16.5. The number of aliphatic hydroxyl groups excluding tert-OH is 2. The van der Waals surface area contributed by atoms with Gasteiger partial charge in [-0.25, -0.2) is 0 Å². The summed E-state index contributed by atoms with van der Waals surface area (Å²) in [6.45, 7) is 4.88. The molecule has 3 N–H and O–H groups in total. The van der Waals surface area contributed by atoms with Crippen molar-refractivity contribution in [3.8, 4) is 0 Å². The Morgan fingerprint density at radius 2 is 0.746 bits per heavy atom. The molecular formula is C57H109NO5. The number of hydrogen-bond acceptors (Lipinski definition) is 5. The van der Waals surface area contributed by atoms with Gasteiger partial charge in [-0.2, -0.15) is 0 Å². The van der Waals surface area contributed by atoms with Crippen molar-refractivity contribution in [2.75, 3.05) is 13.2 Å². The second-order valence-electron chi connectivity index (χ2n) is 19.3. The normalized spacial score (nSPS) is 12.8. The largest absolute Gasteiger partial charge is 0.466 e. The average molecular weight is 889 g/mol. The molecule has 0 rings (SSSR count). The molecule has 0 aromatic carbocycles. The summed E-state index contributed by atoms with van der Waals surface area (Å²) in [5.74, 6) is -0.0714. The molecule has 63 heavy (non-hydrogen) atoms. The second-order valence-corrected chi connectivity index (χ2v) is 19.3. The van der Waals surface area contributed by atoms with Gasteiger partial charge in [-0.15, -0.1) is 0 Å². The molecule has 6 nitrogen and oxygen atoms in total. The number of nitrogens with one attached hydrogen (secondary N) is 1. The maximum atomic E-state index is 12.4. The van der Waals surface area contributed by atoms with E-state index in [0.717, 1.165) is 44.9 Å². The molecule has 0 saturated carbocycles. The third kappa shape index (κ3) is 49.6. The Morgan fingerprint density at radius 3 is 1.14 bits per heavy atom. The lowest BCUT2D eigenvalue weighted by atomic mass is 10.0. The van der Waals surface area contributed by atoms with Crippen LogP contribution in [0, 0.1) is 0 Å². The van der Waals surface area contributed by atoms with Crippen molar-refractivity contribution in [2.45, 2.75) is 315 Å². The molecule has 1 amide bonds. The summed E-state index contributed by atoms with van der Waals surface area (Å²) < 4.78 is 5.46. The lowest BCUT2D eigenvalue weighted by Gasteiger charge is -2.20. The summed E-state index contributed by atoms with van der Waals surface area (Å²) in [4.78, 5) is 24.5. The number of carbonyl (C=O) groups is 2. The maximum absolute atomic E-state index is 12.4. The lowest BCUT2D eigenvalue weighted by Crippen LogP contribution is -2.45. The fourth-order valence-corrected chi connectivity index (χ4v) is 8.63. The van der Waals surface area contributed by atoms with Gasteiger partial charge < -0.3 is 20.3 Å². The molecule has 372 valence electrons.